The van der Waals surface area contributed by atoms with Crippen molar-refractivity contribution in [1.82, 2.24) is 4.90 Å². The Morgan fingerprint density at radius 3 is 1.89 bits per heavy atom. The minimum absolute atomic E-state index is 0. The molecular formula is C11H20BF3KNO. The summed E-state index contributed by atoms with van der Waals surface area (Å²) in [5.74, 6) is 0. The van der Waals surface area contributed by atoms with Gasteiger partial charge in [0.25, 0.3) is 0 Å². The molecular weight excluding hydrogens is 269 g/mol. The second-order valence-corrected chi connectivity index (χ2v) is 6.00. The van der Waals surface area contributed by atoms with Gasteiger partial charge in [-0.3, -0.25) is 4.90 Å². The average molecular weight is 289 g/mol. The number of ether oxygens (including phenoxy) is 1. The van der Waals surface area contributed by atoms with Crippen molar-refractivity contribution < 1.29 is 69.1 Å². The van der Waals surface area contributed by atoms with E-state index in [1.54, 1.807) is 4.90 Å². The monoisotopic (exact) mass is 289 g/mol. The zero-order valence-electron chi connectivity index (χ0n) is 11.9. The molecule has 1 saturated heterocycles. The Morgan fingerprint density at radius 2 is 1.56 bits per heavy atom. The van der Waals surface area contributed by atoms with Gasteiger partial charge in [0.2, 0.25) is 0 Å². The van der Waals surface area contributed by atoms with Gasteiger partial charge in [-0.2, -0.15) is 0 Å². The molecule has 7 heteroatoms. The topological polar surface area (TPSA) is 12.5 Å². The predicted octanol–water partition coefficient (Wildman–Crippen LogP) is -0.177. The third-order valence-electron chi connectivity index (χ3n) is 2.65. The van der Waals surface area contributed by atoms with Crippen LogP contribution >= 0.6 is 0 Å². The molecule has 0 amide bonds. The Balaban J connectivity index is 0.00000289. The van der Waals surface area contributed by atoms with Gasteiger partial charge in [0, 0.05) is 13.1 Å². The van der Waals surface area contributed by atoms with Crippen molar-refractivity contribution in [2.24, 2.45) is 0 Å². The molecule has 0 saturated carbocycles. The Kier molecular flexibility index (Phi) is 6.69. The standard InChI is InChI=1S/C11H20BF3NO.K/c1-9(12(13,14)15)6-16-7-10(2,3)17-11(4,5)8-16;/h1,6-8H2,2-5H3;/q-1;+1. The van der Waals surface area contributed by atoms with Crippen molar-refractivity contribution >= 4 is 6.98 Å². The molecule has 0 bridgehead atoms. The van der Waals surface area contributed by atoms with Crippen LogP contribution in [0.15, 0.2) is 12.1 Å². The quantitative estimate of drug-likeness (QED) is 0.669. The zero-order chi connectivity index (χ0) is 13.5. The van der Waals surface area contributed by atoms with Crippen molar-refractivity contribution in [3.05, 3.63) is 12.1 Å². The number of hydrogen-bond acceptors (Lipinski definition) is 2. The second-order valence-electron chi connectivity index (χ2n) is 6.00. The fourth-order valence-electron chi connectivity index (χ4n) is 2.45. The molecule has 1 fully saturated rings. The van der Waals surface area contributed by atoms with Gasteiger partial charge in [0.15, 0.2) is 0 Å². The third-order valence-corrected chi connectivity index (χ3v) is 2.65. The van der Waals surface area contributed by atoms with Crippen LogP contribution < -0.4 is 51.4 Å². The molecule has 100 valence electrons. The summed E-state index contributed by atoms with van der Waals surface area (Å²) in [6.45, 7) is 6.61. The molecule has 1 rings (SSSR count). The molecule has 0 aromatic rings. The van der Waals surface area contributed by atoms with Crippen molar-refractivity contribution in [3.8, 4) is 0 Å². The van der Waals surface area contributed by atoms with Crippen LogP contribution in [0.5, 0.6) is 0 Å². The van der Waals surface area contributed by atoms with Gasteiger partial charge in [0.1, 0.15) is 0 Å². The third kappa shape index (κ3) is 6.07. The van der Waals surface area contributed by atoms with Crippen LogP contribution in [0.4, 0.5) is 12.9 Å². The van der Waals surface area contributed by atoms with Crippen LogP contribution in [-0.2, 0) is 4.74 Å². The summed E-state index contributed by atoms with van der Waals surface area (Å²) in [6, 6.07) is 0. The second kappa shape index (κ2) is 6.28. The molecule has 1 heterocycles. The fourth-order valence-corrected chi connectivity index (χ4v) is 2.45. The molecule has 0 unspecified atom stereocenters. The molecule has 0 aromatic heterocycles. The molecule has 0 N–H and O–H groups in total. The maximum atomic E-state index is 12.5. The Morgan fingerprint density at radius 1 is 1.17 bits per heavy atom. The molecule has 0 aliphatic carbocycles. The first kappa shape index (κ1) is 19.2. The van der Waals surface area contributed by atoms with Crippen LogP contribution in [0, 0.1) is 0 Å². The van der Waals surface area contributed by atoms with Crippen molar-refractivity contribution in [2.75, 3.05) is 19.6 Å². The molecule has 0 atom stereocenters. The number of morpholine rings is 1. The predicted molar refractivity (Wildman–Crippen MR) is 63.9 cm³/mol. The molecule has 1 aliphatic heterocycles. The number of nitrogens with zero attached hydrogens (tertiary/aromatic N) is 1. The minimum atomic E-state index is -4.94. The summed E-state index contributed by atoms with van der Waals surface area (Å²) in [5, 5.41) is 0. The largest absolute Gasteiger partial charge is 1.00 e. The minimum Gasteiger partial charge on any atom is -0.445 e. The molecule has 0 spiro atoms. The van der Waals surface area contributed by atoms with E-state index in [1.165, 1.54) is 0 Å². The number of hydrogen-bond donors (Lipinski definition) is 0. The van der Waals surface area contributed by atoms with E-state index in [-0.39, 0.29) is 57.9 Å². The van der Waals surface area contributed by atoms with Gasteiger partial charge in [-0.1, -0.05) is 0 Å². The van der Waals surface area contributed by atoms with E-state index in [0.717, 1.165) is 0 Å². The molecule has 0 radical (unpaired) electrons. The maximum absolute atomic E-state index is 12.5. The van der Waals surface area contributed by atoms with Gasteiger partial charge in [-0.05, 0) is 34.2 Å². The Labute approximate surface area is 150 Å². The van der Waals surface area contributed by atoms with Crippen LogP contribution in [0.3, 0.4) is 0 Å². The summed E-state index contributed by atoms with van der Waals surface area (Å²) in [4.78, 5) is 1.76. The van der Waals surface area contributed by atoms with Gasteiger partial charge in [-0.25, -0.2) is 0 Å². The van der Waals surface area contributed by atoms with Crippen LogP contribution in [0.2, 0.25) is 0 Å². The fraction of sp³-hybridized carbons (Fsp3) is 0.818. The Hall–Kier alpha value is 1.15. The molecule has 1 aliphatic rings. The number of rotatable bonds is 3. The first-order valence-corrected chi connectivity index (χ1v) is 5.71. The summed E-state index contributed by atoms with van der Waals surface area (Å²) >= 11 is 0. The average Bonchev–Trinajstić information content (AvgIpc) is 1.94. The van der Waals surface area contributed by atoms with Crippen molar-refractivity contribution in [2.45, 2.75) is 38.9 Å². The normalized spacial score (nSPS) is 23.3. The first-order valence-electron chi connectivity index (χ1n) is 5.71. The molecule has 2 nitrogen and oxygen atoms in total. The summed E-state index contributed by atoms with van der Waals surface area (Å²) < 4.78 is 43.3. The van der Waals surface area contributed by atoms with Gasteiger partial charge in [0.05, 0.1) is 11.2 Å². The van der Waals surface area contributed by atoms with E-state index in [2.05, 4.69) is 6.58 Å². The van der Waals surface area contributed by atoms with Crippen LogP contribution in [-0.4, -0.2) is 42.7 Å². The van der Waals surface area contributed by atoms with Crippen LogP contribution in [0.25, 0.3) is 0 Å². The summed E-state index contributed by atoms with van der Waals surface area (Å²) in [5.41, 5.74) is -1.50. The van der Waals surface area contributed by atoms with Crippen molar-refractivity contribution in [1.29, 1.82) is 0 Å². The van der Waals surface area contributed by atoms with Crippen LogP contribution in [0.1, 0.15) is 27.7 Å². The van der Waals surface area contributed by atoms with Crippen molar-refractivity contribution in [3.63, 3.8) is 0 Å². The molecule has 18 heavy (non-hydrogen) atoms. The van der Waals surface area contributed by atoms with E-state index >= 15 is 0 Å². The Bertz CT molecular complexity index is 302. The van der Waals surface area contributed by atoms with E-state index in [1.807, 2.05) is 27.7 Å². The zero-order valence-corrected chi connectivity index (χ0v) is 15.0. The SMILES string of the molecule is C=C(CN1CC(C)(C)OC(C)(C)C1)[B-](F)(F)F.[K+]. The maximum Gasteiger partial charge on any atom is 1.00 e. The van der Waals surface area contributed by atoms with Gasteiger partial charge < -0.3 is 17.7 Å². The van der Waals surface area contributed by atoms with Gasteiger partial charge in [-0.15, -0.1) is 12.1 Å². The van der Waals surface area contributed by atoms with E-state index < -0.39 is 23.7 Å². The van der Waals surface area contributed by atoms with E-state index in [9.17, 15) is 12.9 Å². The number of halogens is 3. The van der Waals surface area contributed by atoms with Gasteiger partial charge >= 0.3 is 58.4 Å². The summed E-state index contributed by atoms with van der Waals surface area (Å²) in [7, 11) is 0. The molecule has 0 aromatic carbocycles. The summed E-state index contributed by atoms with van der Waals surface area (Å²) in [6.07, 6.45) is 0. The first-order chi connectivity index (χ1) is 7.41. The van der Waals surface area contributed by atoms with E-state index in [0.29, 0.717) is 13.1 Å². The van der Waals surface area contributed by atoms with E-state index in [4.69, 9.17) is 4.74 Å². The smallest absolute Gasteiger partial charge is 0.445 e.